The van der Waals surface area contributed by atoms with Crippen molar-refractivity contribution in [1.82, 2.24) is 15.2 Å². The first-order chi connectivity index (χ1) is 16.5. The normalized spacial score (nSPS) is 24.2. The van der Waals surface area contributed by atoms with E-state index in [0.717, 1.165) is 33.0 Å². The first-order valence-corrected chi connectivity index (χ1v) is 12.5. The summed E-state index contributed by atoms with van der Waals surface area (Å²) >= 11 is 1.63. The van der Waals surface area contributed by atoms with Crippen molar-refractivity contribution in [2.75, 3.05) is 13.2 Å². The average Bonchev–Trinajstić information content (AvgIpc) is 3.37. The Morgan fingerprint density at radius 3 is 2.68 bits per heavy atom. The number of amides is 1. The third kappa shape index (κ3) is 4.86. The fraction of sp³-hybridized carbons (Fsp3) is 0.385. The maximum atomic E-state index is 13.0. The fourth-order valence-corrected chi connectivity index (χ4v) is 5.37. The minimum absolute atomic E-state index is 0.0835. The largest absolute Gasteiger partial charge is 0.494 e. The number of nitrogens with one attached hydrogen (secondary N) is 1. The van der Waals surface area contributed by atoms with Crippen molar-refractivity contribution in [3.63, 3.8) is 0 Å². The lowest BCUT2D eigenvalue weighted by molar-refractivity contribution is -0.126. The zero-order chi connectivity index (χ0) is 23.7. The van der Waals surface area contributed by atoms with Crippen LogP contribution in [0.1, 0.15) is 36.3 Å². The predicted octanol–water partition coefficient (Wildman–Crippen LogP) is 3.67. The number of likely N-dealkylation sites (tertiary alicyclic amines) is 1. The first kappa shape index (κ1) is 23.0. The summed E-state index contributed by atoms with van der Waals surface area (Å²) < 4.78 is 11.4. The molecule has 8 heteroatoms. The topological polar surface area (TPSA) is 87.2 Å². The number of hydrogen-bond acceptors (Lipinski definition) is 7. The Labute approximate surface area is 203 Å². The predicted molar refractivity (Wildman–Crippen MR) is 130 cm³/mol. The van der Waals surface area contributed by atoms with Crippen LogP contribution in [0.2, 0.25) is 0 Å². The van der Waals surface area contributed by atoms with Crippen LogP contribution in [0.3, 0.4) is 0 Å². The van der Waals surface area contributed by atoms with Gasteiger partial charge in [0.05, 0.1) is 34.8 Å². The van der Waals surface area contributed by atoms with Crippen LogP contribution >= 0.6 is 11.3 Å². The second-order valence-corrected chi connectivity index (χ2v) is 9.59. The molecular formula is C26H29N3O4S. The summed E-state index contributed by atoms with van der Waals surface area (Å²) in [5.41, 5.74) is 6.08. The highest BCUT2D eigenvalue weighted by molar-refractivity contribution is 7.13. The highest BCUT2D eigenvalue weighted by Crippen LogP contribution is 2.44. The number of aliphatic hydroxyl groups excluding tert-OH is 1. The zero-order valence-corrected chi connectivity index (χ0v) is 20.1. The SMILES string of the molecule is CCOc1ccc(C2OC2N2C[C@H](O)C[C@H]2C(=O)NCc2ccc(-c3scnc3C)cc2)cc1. The third-order valence-corrected chi connectivity index (χ3v) is 7.34. The van der Waals surface area contributed by atoms with Crippen molar-refractivity contribution < 1.29 is 19.4 Å². The summed E-state index contributed by atoms with van der Waals surface area (Å²) in [7, 11) is 0. The van der Waals surface area contributed by atoms with Gasteiger partial charge in [-0.1, -0.05) is 36.4 Å². The van der Waals surface area contributed by atoms with E-state index >= 15 is 0 Å². The molecule has 3 heterocycles. The Morgan fingerprint density at radius 1 is 1.24 bits per heavy atom. The molecule has 4 atom stereocenters. The van der Waals surface area contributed by atoms with E-state index in [9.17, 15) is 9.90 Å². The summed E-state index contributed by atoms with van der Waals surface area (Å²) in [5, 5.41) is 13.3. The number of hydrogen-bond donors (Lipinski definition) is 2. The van der Waals surface area contributed by atoms with Crippen LogP contribution in [0.15, 0.2) is 54.0 Å². The number of ether oxygens (including phenoxy) is 2. The molecule has 2 N–H and O–H groups in total. The van der Waals surface area contributed by atoms with Gasteiger partial charge >= 0.3 is 0 Å². The van der Waals surface area contributed by atoms with Gasteiger partial charge in [0.1, 0.15) is 18.1 Å². The molecule has 34 heavy (non-hydrogen) atoms. The molecule has 2 aromatic carbocycles. The Kier molecular flexibility index (Phi) is 6.65. The van der Waals surface area contributed by atoms with Crippen molar-refractivity contribution in [2.45, 2.75) is 51.3 Å². The van der Waals surface area contributed by atoms with E-state index in [2.05, 4.69) is 22.4 Å². The molecule has 2 saturated heterocycles. The molecule has 7 nitrogen and oxygen atoms in total. The van der Waals surface area contributed by atoms with E-state index in [1.54, 1.807) is 11.3 Å². The van der Waals surface area contributed by atoms with E-state index in [1.165, 1.54) is 0 Å². The van der Waals surface area contributed by atoms with E-state index in [-0.39, 0.29) is 18.2 Å². The lowest BCUT2D eigenvalue weighted by Gasteiger charge is -2.21. The number of β-amino-alcohol motifs (C(OH)–C–C–N with tert-alkyl or cyclic N) is 1. The third-order valence-electron chi connectivity index (χ3n) is 6.36. The van der Waals surface area contributed by atoms with E-state index < -0.39 is 12.1 Å². The zero-order valence-electron chi connectivity index (χ0n) is 19.3. The van der Waals surface area contributed by atoms with Gasteiger partial charge in [-0.2, -0.15) is 0 Å². The highest BCUT2D eigenvalue weighted by atomic mass is 32.1. The van der Waals surface area contributed by atoms with Crippen molar-refractivity contribution in [1.29, 1.82) is 0 Å². The Morgan fingerprint density at radius 2 is 2.00 bits per heavy atom. The molecule has 1 aromatic heterocycles. The number of benzene rings is 2. The number of aliphatic hydroxyl groups is 1. The van der Waals surface area contributed by atoms with Crippen LogP contribution in [0.25, 0.3) is 10.4 Å². The molecule has 2 aliphatic rings. The molecule has 0 spiro atoms. The second-order valence-electron chi connectivity index (χ2n) is 8.73. The summed E-state index contributed by atoms with van der Waals surface area (Å²) in [6, 6.07) is 15.6. The van der Waals surface area contributed by atoms with Gasteiger partial charge in [-0.05, 0) is 49.1 Å². The van der Waals surface area contributed by atoms with Gasteiger partial charge in [-0.25, -0.2) is 4.98 Å². The van der Waals surface area contributed by atoms with Crippen LogP contribution in [0.4, 0.5) is 0 Å². The summed E-state index contributed by atoms with van der Waals surface area (Å²) in [5.74, 6) is 0.743. The molecule has 5 rings (SSSR count). The van der Waals surface area contributed by atoms with Crippen LogP contribution in [0, 0.1) is 6.92 Å². The number of thiazole rings is 1. The number of aryl methyl sites for hydroxylation is 1. The van der Waals surface area contributed by atoms with Crippen LogP contribution in [-0.2, 0) is 16.1 Å². The maximum Gasteiger partial charge on any atom is 0.237 e. The van der Waals surface area contributed by atoms with Crippen molar-refractivity contribution in [2.24, 2.45) is 0 Å². The smallest absolute Gasteiger partial charge is 0.237 e. The monoisotopic (exact) mass is 479 g/mol. The van der Waals surface area contributed by atoms with Crippen LogP contribution < -0.4 is 10.1 Å². The molecule has 2 aliphatic heterocycles. The summed E-state index contributed by atoms with van der Waals surface area (Å²) in [6.07, 6.45) is -0.430. The quantitative estimate of drug-likeness (QED) is 0.480. The van der Waals surface area contributed by atoms with Crippen molar-refractivity contribution in [3.8, 4) is 16.2 Å². The summed E-state index contributed by atoms with van der Waals surface area (Å²) in [6.45, 7) is 5.46. The minimum Gasteiger partial charge on any atom is -0.494 e. The highest BCUT2D eigenvalue weighted by Gasteiger charge is 2.51. The Balaban J connectivity index is 1.18. The molecule has 1 amide bonds. The molecule has 2 unspecified atom stereocenters. The van der Waals surface area contributed by atoms with Crippen LogP contribution in [0.5, 0.6) is 5.75 Å². The molecule has 0 saturated carbocycles. The Bertz CT molecular complexity index is 1130. The minimum atomic E-state index is -0.539. The number of aromatic nitrogens is 1. The molecule has 2 fully saturated rings. The lowest BCUT2D eigenvalue weighted by Crippen LogP contribution is -2.44. The van der Waals surface area contributed by atoms with E-state index in [1.807, 2.05) is 60.7 Å². The van der Waals surface area contributed by atoms with Gasteiger partial charge in [0.2, 0.25) is 5.91 Å². The maximum absolute atomic E-state index is 13.0. The van der Waals surface area contributed by atoms with Gasteiger partial charge in [-0.15, -0.1) is 11.3 Å². The van der Waals surface area contributed by atoms with Crippen LogP contribution in [-0.4, -0.2) is 52.4 Å². The molecule has 3 aromatic rings. The number of carbonyl (C=O) groups is 1. The van der Waals surface area contributed by atoms with E-state index in [0.29, 0.717) is 26.1 Å². The number of carbonyl (C=O) groups excluding carboxylic acids is 1. The molecule has 0 bridgehead atoms. The summed E-state index contributed by atoms with van der Waals surface area (Å²) in [4.78, 5) is 20.5. The fourth-order valence-electron chi connectivity index (χ4n) is 4.56. The molecular weight excluding hydrogens is 450 g/mol. The second kappa shape index (κ2) is 9.84. The van der Waals surface area contributed by atoms with Crippen molar-refractivity contribution >= 4 is 17.2 Å². The average molecular weight is 480 g/mol. The lowest BCUT2D eigenvalue weighted by atomic mass is 10.1. The first-order valence-electron chi connectivity index (χ1n) is 11.6. The molecule has 178 valence electrons. The van der Waals surface area contributed by atoms with Gasteiger partial charge in [-0.3, -0.25) is 9.69 Å². The van der Waals surface area contributed by atoms with Gasteiger partial charge < -0.3 is 19.9 Å². The number of rotatable bonds is 8. The van der Waals surface area contributed by atoms with Crippen molar-refractivity contribution in [3.05, 3.63) is 70.9 Å². The van der Waals surface area contributed by atoms with Gasteiger partial charge in [0.25, 0.3) is 0 Å². The van der Waals surface area contributed by atoms with Gasteiger partial charge in [0.15, 0.2) is 0 Å². The molecule has 0 aliphatic carbocycles. The number of nitrogens with zero attached hydrogens (tertiary/aromatic N) is 2. The Hall–Kier alpha value is -2.78. The van der Waals surface area contributed by atoms with Gasteiger partial charge in [0, 0.05) is 13.1 Å². The standard InChI is InChI=1S/C26H29N3O4S/c1-3-32-21-10-8-18(9-11-21)23-26(33-23)29-14-20(30)12-22(29)25(31)27-13-17-4-6-19(7-5-17)24-16(2)28-15-34-24/h4-11,15,20,22-23,26,30H,3,12-14H2,1-2H3,(H,27,31)/t20-,22+,23?,26?/m1/s1. The van der Waals surface area contributed by atoms with E-state index in [4.69, 9.17) is 9.47 Å². The molecule has 0 radical (unpaired) electrons. The number of epoxide rings is 1.